The summed E-state index contributed by atoms with van der Waals surface area (Å²) < 4.78 is 68.5. The number of carboxylic acid groups (broad SMARTS) is 1. The minimum atomic E-state index is -4.76. The fourth-order valence-electron chi connectivity index (χ4n) is 4.04. The molecule has 14 heteroatoms. The van der Waals surface area contributed by atoms with Crippen LogP contribution >= 0.6 is 11.6 Å². The topological polar surface area (TPSA) is 115 Å². The van der Waals surface area contributed by atoms with Gasteiger partial charge in [-0.2, -0.15) is 18.4 Å². The van der Waals surface area contributed by atoms with Gasteiger partial charge in [-0.1, -0.05) is 11.6 Å². The maximum atomic E-state index is 13.7. The van der Waals surface area contributed by atoms with E-state index in [1.807, 2.05) is 0 Å². The lowest BCUT2D eigenvalue weighted by Gasteiger charge is -2.33. The monoisotopic (exact) mass is 540 g/mol. The van der Waals surface area contributed by atoms with Gasteiger partial charge < -0.3 is 15.3 Å². The fraction of sp³-hybridized carbons (Fsp3) is 0.348. The number of anilines is 2. The van der Waals surface area contributed by atoms with E-state index in [2.05, 4.69) is 20.3 Å². The Kier molecular flexibility index (Phi) is 6.81. The molecule has 37 heavy (non-hydrogen) atoms. The van der Waals surface area contributed by atoms with Crippen molar-refractivity contribution >= 4 is 40.1 Å². The number of hydrogen-bond donors (Lipinski definition) is 2. The van der Waals surface area contributed by atoms with E-state index in [1.54, 1.807) is 6.07 Å². The molecule has 1 fully saturated rings. The van der Waals surface area contributed by atoms with E-state index in [1.165, 1.54) is 24.0 Å². The van der Waals surface area contributed by atoms with Crippen molar-refractivity contribution in [2.24, 2.45) is 0 Å². The molecule has 2 N–H and O–H groups in total. The minimum absolute atomic E-state index is 0.00173. The Labute approximate surface area is 211 Å². The average Bonchev–Trinajstić information content (AvgIpc) is 2.82. The van der Waals surface area contributed by atoms with Crippen LogP contribution in [0.1, 0.15) is 53.1 Å². The highest BCUT2D eigenvalue weighted by Crippen LogP contribution is 2.37. The fourth-order valence-corrected chi connectivity index (χ4v) is 4.19. The van der Waals surface area contributed by atoms with Crippen molar-refractivity contribution in [3.8, 4) is 6.07 Å². The molecule has 0 bridgehead atoms. The highest BCUT2D eigenvalue weighted by atomic mass is 35.5. The molecule has 1 aliphatic rings. The zero-order chi connectivity index (χ0) is 27.1. The number of carbonyl (C=O) groups is 1. The highest BCUT2D eigenvalue weighted by Gasteiger charge is 2.36. The molecular formula is C23H18ClF5N6O2. The van der Waals surface area contributed by atoms with Gasteiger partial charge in [-0.15, -0.1) is 0 Å². The van der Waals surface area contributed by atoms with Crippen molar-refractivity contribution in [2.45, 2.75) is 37.9 Å². The number of aromatic nitrogens is 3. The molecule has 1 unspecified atom stereocenters. The maximum absolute atomic E-state index is 13.7. The normalized spacial score (nSPS) is 16.3. The lowest BCUT2D eigenvalue weighted by atomic mass is 10.0. The van der Waals surface area contributed by atoms with Crippen LogP contribution in [0.15, 0.2) is 24.3 Å². The van der Waals surface area contributed by atoms with Gasteiger partial charge in [-0.05, 0) is 31.2 Å². The summed E-state index contributed by atoms with van der Waals surface area (Å²) in [5.74, 6) is -4.29. The molecule has 1 aromatic carbocycles. The van der Waals surface area contributed by atoms with Crippen LogP contribution in [0.4, 0.5) is 33.5 Å². The van der Waals surface area contributed by atoms with Crippen molar-refractivity contribution in [3.05, 3.63) is 51.9 Å². The molecule has 2 aromatic heterocycles. The number of aromatic carboxylic acids is 1. The number of pyridine rings is 1. The molecule has 0 amide bonds. The highest BCUT2D eigenvalue weighted by molar-refractivity contribution is 6.29. The summed E-state index contributed by atoms with van der Waals surface area (Å²) in [6.07, 6.45) is -5.71. The first-order chi connectivity index (χ1) is 17.3. The number of nitrogens with zero attached hydrogens (tertiary/aromatic N) is 5. The standard InChI is InChI=1S/C23H18ClF5N6O2/c1-11(31-14-2-3-17(24)33-19(14)21(36)37)13-8-12(23(27,28)29)9-15-18(13)34-20(16(10-30)32-15)35-6-4-22(25,26)5-7-35/h2-3,8-9,11,31H,4-7H2,1H3,(H,36,37). The SMILES string of the molecule is CC(Nc1ccc(Cl)nc1C(=O)O)c1cc(C(F)(F)F)cc2nc(C#N)c(N3CCC(F)(F)CC3)nc12. The summed E-state index contributed by atoms with van der Waals surface area (Å²) in [4.78, 5) is 25.3. The Bertz CT molecular complexity index is 1420. The molecule has 3 aromatic rings. The van der Waals surface area contributed by atoms with Gasteiger partial charge in [0.15, 0.2) is 17.2 Å². The number of piperidine rings is 1. The van der Waals surface area contributed by atoms with Crippen molar-refractivity contribution < 1.29 is 31.9 Å². The number of benzene rings is 1. The van der Waals surface area contributed by atoms with E-state index in [0.717, 1.165) is 12.1 Å². The molecule has 1 saturated heterocycles. The molecule has 194 valence electrons. The van der Waals surface area contributed by atoms with Crippen LogP contribution in [-0.2, 0) is 6.18 Å². The molecule has 3 heterocycles. The molecule has 1 atom stereocenters. The number of alkyl halides is 5. The first-order valence-electron chi connectivity index (χ1n) is 10.9. The number of hydrogen-bond acceptors (Lipinski definition) is 7. The molecule has 0 radical (unpaired) electrons. The molecule has 4 rings (SSSR count). The smallest absolute Gasteiger partial charge is 0.416 e. The number of rotatable bonds is 5. The van der Waals surface area contributed by atoms with Gasteiger partial charge in [-0.25, -0.2) is 28.5 Å². The summed E-state index contributed by atoms with van der Waals surface area (Å²) in [5.41, 5.74) is -2.03. The van der Waals surface area contributed by atoms with E-state index in [-0.39, 0.29) is 52.0 Å². The van der Waals surface area contributed by atoms with Crippen LogP contribution in [0, 0.1) is 11.3 Å². The number of fused-ring (bicyclic) bond motifs is 1. The van der Waals surface area contributed by atoms with Crippen molar-refractivity contribution in [1.29, 1.82) is 5.26 Å². The summed E-state index contributed by atoms with van der Waals surface area (Å²) >= 11 is 5.78. The molecule has 0 saturated carbocycles. The van der Waals surface area contributed by atoms with Gasteiger partial charge in [0.1, 0.15) is 11.2 Å². The van der Waals surface area contributed by atoms with Crippen LogP contribution in [0.5, 0.6) is 0 Å². The first kappa shape index (κ1) is 26.3. The number of nitriles is 1. The zero-order valence-electron chi connectivity index (χ0n) is 19.1. The van der Waals surface area contributed by atoms with Gasteiger partial charge in [0, 0.05) is 31.5 Å². The van der Waals surface area contributed by atoms with Crippen molar-refractivity contribution in [1.82, 2.24) is 15.0 Å². The predicted octanol–water partition coefficient (Wildman–Crippen LogP) is 5.68. The van der Waals surface area contributed by atoms with Crippen LogP contribution in [0.25, 0.3) is 11.0 Å². The van der Waals surface area contributed by atoms with Gasteiger partial charge in [0.2, 0.25) is 0 Å². The lowest BCUT2D eigenvalue weighted by molar-refractivity contribution is -0.137. The van der Waals surface area contributed by atoms with Crippen LogP contribution in [0.2, 0.25) is 5.15 Å². The lowest BCUT2D eigenvalue weighted by Crippen LogP contribution is -2.40. The van der Waals surface area contributed by atoms with Gasteiger partial charge in [0.05, 0.1) is 28.3 Å². The van der Waals surface area contributed by atoms with E-state index < -0.39 is 48.2 Å². The second kappa shape index (κ2) is 9.59. The summed E-state index contributed by atoms with van der Waals surface area (Å²) in [7, 11) is 0. The van der Waals surface area contributed by atoms with E-state index in [9.17, 15) is 37.1 Å². The zero-order valence-corrected chi connectivity index (χ0v) is 19.8. The summed E-state index contributed by atoms with van der Waals surface area (Å²) in [6, 6.07) is 5.08. The Morgan fingerprint density at radius 3 is 2.49 bits per heavy atom. The number of halogens is 6. The maximum Gasteiger partial charge on any atom is 0.416 e. The Morgan fingerprint density at radius 2 is 1.89 bits per heavy atom. The van der Waals surface area contributed by atoms with E-state index in [0.29, 0.717) is 0 Å². The second-order valence-electron chi connectivity index (χ2n) is 8.48. The minimum Gasteiger partial charge on any atom is -0.476 e. The largest absolute Gasteiger partial charge is 0.476 e. The van der Waals surface area contributed by atoms with Crippen LogP contribution in [0.3, 0.4) is 0 Å². The Balaban J connectivity index is 1.85. The van der Waals surface area contributed by atoms with Gasteiger partial charge in [-0.3, -0.25) is 0 Å². The first-order valence-corrected chi connectivity index (χ1v) is 11.3. The van der Waals surface area contributed by atoms with Crippen molar-refractivity contribution in [2.75, 3.05) is 23.3 Å². The Morgan fingerprint density at radius 1 is 1.22 bits per heavy atom. The molecule has 8 nitrogen and oxygen atoms in total. The number of carboxylic acids is 1. The summed E-state index contributed by atoms with van der Waals surface area (Å²) in [6.45, 7) is 1.24. The molecule has 0 aliphatic carbocycles. The third kappa shape index (κ3) is 5.48. The Hall–Kier alpha value is -3.79. The third-order valence-corrected chi connectivity index (χ3v) is 6.12. The van der Waals surface area contributed by atoms with E-state index in [4.69, 9.17) is 11.6 Å². The van der Waals surface area contributed by atoms with Crippen LogP contribution < -0.4 is 10.2 Å². The van der Waals surface area contributed by atoms with Gasteiger partial charge in [0.25, 0.3) is 5.92 Å². The number of nitrogens with one attached hydrogen (secondary N) is 1. The van der Waals surface area contributed by atoms with Crippen LogP contribution in [-0.4, -0.2) is 45.0 Å². The molecular weight excluding hydrogens is 523 g/mol. The molecule has 0 spiro atoms. The molecule has 1 aliphatic heterocycles. The average molecular weight is 541 g/mol. The predicted molar refractivity (Wildman–Crippen MR) is 124 cm³/mol. The van der Waals surface area contributed by atoms with Gasteiger partial charge >= 0.3 is 12.1 Å². The second-order valence-corrected chi connectivity index (χ2v) is 8.87. The van der Waals surface area contributed by atoms with E-state index >= 15 is 0 Å². The van der Waals surface area contributed by atoms with Crippen molar-refractivity contribution in [3.63, 3.8) is 0 Å². The summed E-state index contributed by atoms with van der Waals surface area (Å²) in [5, 5.41) is 21.8. The third-order valence-electron chi connectivity index (χ3n) is 5.91. The quantitative estimate of drug-likeness (QED) is 0.314.